The lowest BCUT2D eigenvalue weighted by Crippen LogP contribution is -2.48. The fraction of sp³-hybridized carbons (Fsp3) is 0.435. The van der Waals surface area contributed by atoms with Gasteiger partial charge in [-0.2, -0.15) is 5.26 Å². The van der Waals surface area contributed by atoms with Crippen LogP contribution in [-0.2, 0) is 15.4 Å². The Kier molecular flexibility index (Phi) is 4.64. The Bertz CT molecular complexity index is 1120. The number of halogens is 1. The summed E-state index contributed by atoms with van der Waals surface area (Å²) in [4.78, 5) is -0.105. The topological polar surface area (TPSA) is 90.2 Å². The Hall–Kier alpha value is -2.04. The summed E-state index contributed by atoms with van der Waals surface area (Å²) < 4.78 is 29.5. The van der Waals surface area contributed by atoms with Gasteiger partial charge in [-0.25, -0.2) is 8.42 Å². The maximum absolute atomic E-state index is 13.2. The molecule has 0 spiro atoms. The number of rotatable bonds is 4. The van der Waals surface area contributed by atoms with E-state index < -0.39 is 10.0 Å². The van der Waals surface area contributed by atoms with Gasteiger partial charge in [0.25, 0.3) is 10.0 Å². The van der Waals surface area contributed by atoms with Crippen molar-refractivity contribution in [3.63, 3.8) is 0 Å². The summed E-state index contributed by atoms with van der Waals surface area (Å²) in [6.07, 6.45) is 6.93. The Morgan fingerprint density at radius 3 is 2.13 bits per heavy atom. The van der Waals surface area contributed by atoms with Crippen molar-refractivity contribution < 1.29 is 13.5 Å². The molecule has 0 aromatic heterocycles. The average Bonchev–Trinajstić information content (AvgIpc) is 2.68. The molecule has 0 aliphatic heterocycles. The van der Waals surface area contributed by atoms with Crippen molar-refractivity contribution in [3.05, 3.63) is 52.0 Å². The SMILES string of the molecule is N#Cc1ccc(NS(=O)(=O)c2cc(Br)cc(C34CC5CC(CC(C5)C3)C4)c2O)cc1. The predicted molar refractivity (Wildman–Crippen MR) is 118 cm³/mol. The Labute approximate surface area is 185 Å². The molecule has 6 rings (SSSR count). The molecule has 0 heterocycles. The van der Waals surface area contributed by atoms with Crippen LogP contribution in [0.3, 0.4) is 0 Å². The van der Waals surface area contributed by atoms with Gasteiger partial charge in [0.2, 0.25) is 0 Å². The molecule has 2 N–H and O–H groups in total. The monoisotopic (exact) mass is 486 g/mol. The lowest BCUT2D eigenvalue weighted by Gasteiger charge is -2.57. The number of phenolic OH excluding ortho intramolecular Hbond substituents is 1. The smallest absolute Gasteiger partial charge is 0.265 e. The van der Waals surface area contributed by atoms with E-state index in [-0.39, 0.29) is 16.1 Å². The Morgan fingerprint density at radius 2 is 1.60 bits per heavy atom. The van der Waals surface area contributed by atoms with E-state index >= 15 is 0 Å². The van der Waals surface area contributed by atoms with Gasteiger partial charge >= 0.3 is 0 Å². The summed E-state index contributed by atoms with van der Waals surface area (Å²) >= 11 is 3.48. The minimum atomic E-state index is -3.99. The van der Waals surface area contributed by atoms with Crippen LogP contribution in [-0.4, -0.2) is 13.5 Å². The summed E-state index contributed by atoms with van der Waals surface area (Å²) in [6, 6.07) is 11.6. The molecule has 2 aromatic carbocycles. The fourth-order valence-electron chi connectivity index (χ4n) is 6.45. The van der Waals surface area contributed by atoms with Gasteiger partial charge in [0.1, 0.15) is 10.6 Å². The normalized spacial score (nSPS) is 29.5. The summed E-state index contributed by atoms with van der Waals surface area (Å²) in [5.74, 6) is 1.94. The number of aromatic hydroxyl groups is 1. The number of hydrogen-bond acceptors (Lipinski definition) is 4. The zero-order valence-corrected chi connectivity index (χ0v) is 18.8. The van der Waals surface area contributed by atoms with Crippen LogP contribution >= 0.6 is 15.9 Å². The van der Waals surface area contributed by atoms with Crippen molar-refractivity contribution in [1.29, 1.82) is 5.26 Å². The molecule has 156 valence electrons. The van der Waals surface area contributed by atoms with E-state index in [2.05, 4.69) is 20.7 Å². The van der Waals surface area contributed by atoms with Crippen LogP contribution in [0.2, 0.25) is 0 Å². The molecule has 30 heavy (non-hydrogen) atoms. The van der Waals surface area contributed by atoms with Gasteiger partial charge in [0, 0.05) is 15.7 Å². The van der Waals surface area contributed by atoms with E-state index in [0.29, 0.717) is 33.5 Å². The summed E-state index contributed by atoms with van der Waals surface area (Å²) in [5, 5.41) is 20.1. The summed E-state index contributed by atoms with van der Waals surface area (Å²) in [7, 11) is -3.99. The number of hydrogen-bond donors (Lipinski definition) is 2. The van der Waals surface area contributed by atoms with Crippen molar-refractivity contribution >= 4 is 31.6 Å². The van der Waals surface area contributed by atoms with Crippen LogP contribution in [0.15, 0.2) is 45.8 Å². The second-order valence-corrected chi connectivity index (χ2v) is 11.9. The number of sulfonamides is 1. The van der Waals surface area contributed by atoms with Crippen LogP contribution in [0.25, 0.3) is 0 Å². The molecule has 5 nitrogen and oxygen atoms in total. The predicted octanol–water partition coefficient (Wildman–Crippen LogP) is 5.29. The molecule has 4 aliphatic carbocycles. The molecule has 0 unspecified atom stereocenters. The van der Waals surface area contributed by atoms with E-state index in [0.717, 1.165) is 24.8 Å². The fourth-order valence-corrected chi connectivity index (χ4v) is 8.26. The van der Waals surface area contributed by atoms with Gasteiger partial charge < -0.3 is 5.11 Å². The molecule has 0 amide bonds. The van der Waals surface area contributed by atoms with Gasteiger partial charge in [0.05, 0.1) is 11.6 Å². The maximum Gasteiger partial charge on any atom is 0.265 e. The average molecular weight is 487 g/mol. The highest BCUT2D eigenvalue weighted by molar-refractivity contribution is 9.10. The first-order chi connectivity index (χ1) is 14.3. The number of nitriles is 1. The van der Waals surface area contributed by atoms with Gasteiger partial charge in [-0.05, 0) is 98.1 Å². The van der Waals surface area contributed by atoms with Gasteiger partial charge in [-0.15, -0.1) is 0 Å². The quantitative estimate of drug-likeness (QED) is 0.613. The van der Waals surface area contributed by atoms with Crippen LogP contribution in [0.5, 0.6) is 5.75 Å². The lowest BCUT2D eigenvalue weighted by molar-refractivity contribution is -0.00631. The molecule has 4 bridgehead atoms. The zero-order chi connectivity index (χ0) is 21.1. The number of phenols is 1. The van der Waals surface area contributed by atoms with Crippen molar-refractivity contribution in [2.75, 3.05) is 4.72 Å². The molecular formula is C23H23BrN2O3S. The summed E-state index contributed by atoms with van der Waals surface area (Å²) in [6.45, 7) is 0. The first-order valence-corrected chi connectivity index (χ1v) is 12.6. The third-order valence-electron chi connectivity index (χ3n) is 7.21. The second kappa shape index (κ2) is 7.00. The third-order valence-corrected chi connectivity index (χ3v) is 9.06. The van der Waals surface area contributed by atoms with Crippen LogP contribution in [0.1, 0.15) is 49.7 Å². The number of benzene rings is 2. The molecular weight excluding hydrogens is 464 g/mol. The number of nitrogens with zero attached hydrogens (tertiary/aromatic N) is 1. The standard InChI is InChI=1S/C23H23BrN2O3S/c24-18-8-20(23-10-15-5-16(11-23)7-17(6-15)12-23)22(27)21(9-18)30(28,29)26-19-3-1-14(13-25)2-4-19/h1-4,8-9,15-17,26-27H,5-7,10-12H2. The number of anilines is 1. The van der Waals surface area contributed by atoms with Crippen molar-refractivity contribution in [2.24, 2.45) is 17.8 Å². The van der Waals surface area contributed by atoms with Crippen LogP contribution in [0.4, 0.5) is 5.69 Å². The molecule has 4 fully saturated rings. The first-order valence-electron chi connectivity index (χ1n) is 10.3. The van der Waals surface area contributed by atoms with Crippen molar-refractivity contribution in [3.8, 4) is 11.8 Å². The van der Waals surface area contributed by atoms with E-state index in [9.17, 15) is 13.5 Å². The molecule has 0 saturated heterocycles. The van der Waals surface area contributed by atoms with E-state index in [1.807, 2.05) is 12.1 Å². The molecule has 7 heteroatoms. The number of nitrogens with one attached hydrogen (secondary N) is 1. The highest BCUT2D eigenvalue weighted by Gasteiger charge is 2.52. The highest BCUT2D eigenvalue weighted by Crippen LogP contribution is 2.62. The molecule has 0 atom stereocenters. The maximum atomic E-state index is 13.2. The Balaban J connectivity index is 1.54. The van der Waals surface area contributed by atoms with Gasteiger partial charge in [-0.3, -0.25) is 4.72 Å². The van der Waals surface area contributed by atoms with E-state index in [1.165, 1.54) is 25.3 Å². The minimum absolute atomic E-state index is 0.105. The highest BCUT2D eigenvalue weighted by atomic mass is 79.9. The molecule has 4 saturated carbocycles. The third kappa shape index (κ3) is 3.30. The van der Waals surface area contributed by atoms with E-state index in [4.69, 9.17) is 5.26 Å². The lowest BCUT2D eigenvalue weighted by atomic mass is 9.48. The van der Waals surface area contributed by atoms with Crippen molar-refractivity contribution in [2.45, 2.75) is 48.8 Å². The van der Waals surface area contributed by atoms with Crippen molar-refractivity contribution in [1.82, 2.24) is 0 Å². The minimum Gasteiger partial charge on any atom is -0.506 e. The molecule has 4 aliphatic rings. The zero-order valence-electron chi connectivity index (χ0n) is 16.4. The largest absolute Gasteiger partial charge is 0.506 e. The molecule has 0 radical (unpaired) electrons. The van der Waals surface area contributed by atoms with Gasteiger partial charge in [-0.1, -0.05) is 15.9 Å². The first kappa shape index (κ1) is 19.9. The second-order valence-electron chi connectivity index (χ2n) is 9.29. The van der Waals surface area contributed by atoms with Crippen LogP contribution in [0, 0.1) is 29.1 Å². The van der Waals surface area contributed by atoms with E-state index in [1.54, 1.807) is 24.3 Å². The Morgan fingerprint density at radius 1 is 1.03 bits per heavy atom. The summed E-state index contributed by atoms with van der Waals surface area (Å²) in [5.41, 5.74) is 1.45. The molecule has 2 aromatic rings. The van der Waals surface area contributed by atoms with Gasteiger partial charge in [0.15, 0.2) is 0 Å². The van der Waals surface area contributed by atoms with Crippen LogP contribution < -0.4 is 4.72 Å².